The number of hydrogen-bond donors (Lipinski definition) is 0. The molecule has 194 valence electrons. The molecule has 0 atom stereocenters. The molecule has 0 rings (SSSR count). The van der Waals surface area contributed by atoms with Crippen molar-refractivity contribution in [2.45, 2.75) is 143 Å². The van der Waals surface area contributed by atoms with Crippen molar-refractivity contribution >= 4 is 17.9 Å². The molecule has 7 heteroatoms. The van der Waals surface area contributed by atoms with Gasteiger partial charge in [-0.3, -0.25) is 9.59 Å². The monoisotopic (exact) mass is 471 g/mol. The van der Waals surface area contributed by atoms with E-state index >= 15 is 0 Å². The molecule has 0 radical (unpaired) electrons. The Bertz CT molecular complexity index is 475. The van der Waals surface area contributed by atoms with Crippen molar-refractivity contribution in [1.29, 1.82) is 0 Å². The molecule has 7 nitrogen and oxygen atoms in total. The molecule has 0 amide bonds. The maximum absolute atomic E-state index is 12.9. The van der Waals surface area contributed by atoms with Gasteiger partial charge in [-0.2, -0.15) is 0 Å². The van der Waals surface area contributed by atoms with Crippen molar-refractivity contribution in [3.05, 3.63) is 0 Å². The number of carbonyl (C=O) groups is 3. The zero-order chi connectivity index (χ0) is 24.7. The van der Waals surface area contributed by atoms with Gasteiger partial charge in [-0.1, -0.05) is 105 Å². The van der Waals surface area contributed by atoms with E-state index in [-0.39, 0.29) is 18.8 Å². The number of rotatable bonds is 22. The predicted octanol–water partition coefficient (Wildman–Crippen LogP) is 7.38. The first-order chi connectivity index (χ1) is 16.0. The van der Waals surface area contributed by atoms with Gasteiger partial charge in [0.1, 0.15) is 0 Å². The van der Waals surface area contributed by atoms with E-state index in [4.69, 9.17) is 14.5 Å². The van der Waals surface area contributed by atoms with Crippen LogP contribution in [0.1, 0.15) is 143 Å². The third-order valence-corrected chi connectivity index (χ3v) is 5.63. The molecule has 33 heavy (non-hydrogen) atoms. The Balaban J connectivity index is 4.97. The van der Waals surface area contributed by atoms with Gasteiger partial charge in [0.25, 0.3) is 0 Å². The molecule has 0 fully saturated rings. The van der Waals surface area contributed by atoms with Gasteiger partial charge >= 0.3 is 17.9 Å². The summed E-state index contributed by atoms with van der Waals surface area (Å²) in [7, 11) is 0. The fraction of sp³-hybridized carbons (Fsp3) is 0.885. The standard InChI is InChI=1S/C26H49NO6/c1-5-9-13-17-21-24(28)31-27(32-25(29)22-18-14-10-6-2)33-26(30)23(19-15-11-7-3)20-16-12-8-4/h23H,5-22H2,1-4H3. The smallest absolute Gasteiger partial charge is 0.300 e. The molecule has 0 aromatic rings. The molecule has 0 heterocycles. The number of carbonyl (C=O) groups excluding carboxylic acids is 3. The van der Waals surface area contributed by atoms with E-state index < -0.39 is 17.9 Å². The van der Waals surface area contributed by atoms with E-state index in [1.165, 1.54) is 0 Å². The number of hydrogen-bond acceptors (Lipinski definition) is 7. The van der Waals surface area contributed by atoms with Crippen molar-refractivity contribution < 1.29 is 28.9 Å². The van der Waals surface area contributed by atoms with Crippen LogP contribution in [0, 0.1) is 5.92 Å². The van der Waals surface area contributed by atoms with Crippen molar-refractivity contribution in [2.24, 2.45) is 5.92 Å². The first-order valence-corrected chi connectivity index (χ1v) is 13.4. The normalized spacial score (nSPS) is 11.1. The highest BCUT2D eigenvalue weighted by atomic mass is 17.2. The SMILES string of the molecule is CCCCCCC(=O)ON(OC(=O)CCCCCC)OC(=O)C(CCCCC)CCCCC. The average Bonchev–Trinajstić information content (AvgIpc) is 2.78. The van der Waals surface area contributed by atoms with Crippen LogP contribution in [0.25, 0.3) is 0 Å². The molecule has 0 saturated heterocycles. The predicted molar refractivity (Wildman–Crippen MR) is 129 cm³/mol. The number of nitrogens with zero attached hydrogens (tertiary/aromatic N) is 1. The molecule has 0 aliphatic carbocycles. The van der Waals surface area contributed by atoms with E-state index in [1.54, 1.807) is 0 Å². The Labute approximate surface area is 201 Å². The van der Waals surface area contributed by atoms with Crippen LogP contribution < -0.4 is 0 Å². The van der Waals surface area contributed by atoms with E-state index in [0.717, 1.165) is 77.0 Å². The molecule has 0 saturated carbocycles. The summed E-state index contributed by atoms with van der Waals surface area (Å²) < 4.78 is 0. The minimum Gasteiger partial charge on any atom is -0.300 e. The quantitative estimate of drug-likeness (QED) is 0.120. The molecule has 0 bridgehead atoms. The second-order valence-electron chi connectivity index (χ2n) is 8.87. The molecule has 0 N–H and O–H groups in total. The third-order valence-electron chi connectivity index (χ3n) is 5.63. The van der Waals surface area contributed by atoms with Gasteiger partial charge in [0.15, 0.2) is 0 Å². The van der Waals surface area contributed by atoms with Gasteiger partial charge in [-0.05, 0) is 25.7 Å². The lowest BCUT2D eigenvalue weighted by Crippen LogP contribution is -2.35. The summed E-state index contributed by atoms with van der Waals surface area (Å²) in [6.45, 7) is 8.42. The summed E-state index contributed by atoms with van der Waals surface area (Å²) in [5, 5.41) is 0.360. The van der Waals surface area contributed by atoms with Crippen molar-refractivity contribution in [3.8, 4) is 0 Å². The summed E-state index contributed by atoms with van der Waals surface area (Å²) in [4.78, 5) is 52.8. The minimum absolute atomic E-state index is 0.179. The second-order valence-corrected chi connectivity index (χ2v) is 8.87. The Hall–Kier alpha value is -1.63. The Morgan fingerprint density at radius 2 is 0.939 bits per heavy atom. The Morgan fingerprint density at radius 1 is 0.545 bits per heavy atom. The molecular formula is C26H49NO6. The van der Waals surface area contributed by atoms with Gasteiger partial charge in [0, 0.05) is 12.8 Å². The maximum Gasteiger partial charge on any atom is 0.335 e. The molecule has 0 aromatic heterocycles. The summed E-state index contributed by atoms with van der Waals surface area (Å²) in [6, 6.07) is 0. The topological polar surface area (TPSA) is 82.1 Å². The molecular weight excluding hydrogens is 422 g/mol. The lowest BCUT2D eigenvalue weighted by Gasteiger charge is -2.21. The number of unbranched alkanes of at least 4 members (excludes halogenated alkanes) is 10. The average molecular weight is 472 g/mol. The third kappa shape index (κ3) is 18.5. The fourth-order valence-electron chi connectivity index (χ4n) is 3.52. The first-order valence-electron chi connectivity index (χ1n) is 13.4. The van der Waals surface area contributed by atoms with Gasteiger partial charge in [-0.15, -0.1) is 0 Å². The van der Waals surface area contributed by atoms with E-state index in [2.05, 4.69) is 27.7 Å². The largest absolute Gasteiger partial charge is 0.335 e. The van der Waals surface area contributed by atoms with Gasteiger partial charge < -0.3 is 14.5 Å². The van der Waals surface area contributed by atoms with Gasteiger partial charge in [0.2, 0.25) is 5.39 Å². The lowest BCUT2D eigenvalue weighted by molar-refractivity contribution is -0.465. The van der Waals surface area contributed by atoms with Crippen LogP contribution in [0.5, 0.6) is 0 Å². The highest BCUT2D eigenvalue weighted by Crippen LogP contribution is 2.20. The Morgan fingerprint density at radius 3 is 1.33 bits per heavy atom. The van der Waals surface area contributed by atoms with Crippen LogP contribution >= 0.6 is 0 Å². The maximum atomic E-state index is 12.9. The molecule has 0 spiro atoms. The highest BCUT2D eigenvalue weighted by molar-refractivity contribution is 5.73. The van der Waals surface area contributed by atoms with Crippen LogP contribution in [0.3, 0.4) is 0 Å². The van der Waals surface area contributed by atoms with Crippen LogP contribution in [-0.2, 0) is 28.9 Å². The summed E-state index contributed by atoms with van der Waals surface area (Å²) in [6.07, 6.45) is 15.2. The van der Waals surface area contributed by atoms with Crippen LogP contribution in [0.2, 0.25) is 0 Å². The lowest BCUT2D eigenvalue weighted by atomic mass is 9.95. The summed E-state index contributed by atoms with van der Waals surface area (Å²) in [5.41, 5.74) is 0. The minimum atomic E-state index is -0.578. The zero-order valence-electron chi connectivity index (χ0n) is 21.7. The molecule has 0 aromatic carbocycles. The van der Waals surface area contributed by atoms with Crippen molar-refractivity contribution in [3.63, 3.8) is 0 Å². The highest BCUT2D eigenvalue weighted by Gasteiger charge is 2.27. The molecule has 0 aliphatic heterocycles. The fourth-order valence-corrected chi connectivity index (χ4v) is 3.52. The van der Waals surface area contributed by atoms with Gasteiger partial charge in [0.05, 0.1) is 5.92 Å². The van der Waals surface area contributed by atoms with Crippen LogP contribution in [0.4, 0.5) is 0 Å². The summed E-state index contributed by atoms with van der Waals surface area (Å²) >= 11 is 0. The molecule has 0 aliphatic rings. The van der Waals surface area contributed by atoms with Crippen LogP contribution in [0.15, 0.2) is 0 Å². The van der Waals surface area contributed by atoms with E-state index in [1.807, 2.05) is 0 Å². The Kier molecular flexibility index (Phi) is 21.1. The first kappa shape index (κ1) is 31.4. The van der Waals surface area contributed by atoms with Crippen molar-refractivity contribution in [1.82, 2.24) is 5.39 Å². The summed E-state index contributed by atoms with van der Waals surface area (Å²) in [5.74, 6) is -1.98. The van der Waals surface area contributed by atoms with Crippen LogP contribution in [-0.4, -0.2) is 23.3 Å². The van der Waals surface area contributed by atoms with E-state index in [0.29, 0.717) is 31.1 Å². The second kappa shape index (κ2) is 22.2. The molecule has 0 unspecified atom stereocenters. The zero-order valence-corrected chi connectivity index (χ0v) is 21.7. The van der Waals surface area contributed by atoms with Crippen molar-refractivity contribution in [2.75, 3.05) is 0 Å². The van der Waals surface area contributed by atoms with E-state index in [9.17, 15) is 14.4 Å². The van der Waals surface area contributed by atoms with Gasteiger partial charge in [-0.25, -0.2) is 4.79 Å².